The van der Waals surface area contributed by atoms with Gasteiger partial charge in [-0.3, -0.25) is 4.79 Å². The lowest BCUT2D eigenvalue weighted by atomic mass is 10.0. The van der Waals surface area contributed by atoms with E-state index in [4.69, 9.17) is 14.2 Å². The van der Waals surface area contributed by atoms with Gasteiger partial charge in [0, 0.05) is 41.9 Å². The molecule has 24 heavy (non-hydrogen) atoms. The zero-order valence-electron chi connectivity index (χ0n) is 14.3. The van der Waals surface area contributed by atoms with Gasteiger partial charge in [0.2, 0.25) is 0 Å². The number of ether oxygens (including phenoxy) is 3. The highest BCUT2D eigenvalue weighted by molar-refractivity contribution is 7.98. The van der Waals surface area contributed by atoms with Crippen molar-refractivity contribution in [2.45, 2.75) is 17.9 Å². The van der Waals surface area contributed by atoms with Crippen molar-refractivity contribution in [1.82, 2.24) is 4.57 Å². The van der Waals surface area contributed by atoms with E-state index in [1.165, 1.54) is 0 Å². The van der Waals surface area contributed by atoms with E-state index in [9.17, 15) is 4.79 Å². The molecule has 2 aromatic rings. The van der Waals surface area contributed by atoms with Crippen molar-refractivity contribution in [3.63, 3.8) is 0 Å². The maximum Gasteiger partial charge on any atom is 0.253 e. The van der Waals surface area contributed by atoms with E-state index < -0.39 is 0 Å². The molecule has 0 N–H and O–H groups in total. The average Bonchev–Trinajstić information content (AvgIpc) is 2.58. The van der Waals surface area contributed by atoms with E-state index >= 15 is 0 Å². The number of methoxy groups -OCH3 is 1. The number of rotatable bonds is 4. The molecule has 128 valence electrons. The predicted octanol–water partition coefficient (Wildman–Crippen LogP) is 2.87. The lowest BCUT2D eigenvalue weighted by molar-refractivity contribution is 0.0275. The zero-order chi connectivity index (χ0) is 17.3. The highest BCUT2D eigenvalue weighted by Gasteiger charge is 2.25. The maximum absolute atomic E-state index is 12.0. The average molecular weight is 347 g/mol. The van der Waals surface area contributed by atoms with Gasteiger partial charge >= 0.3 is 0 Å². The number of hydrogen-bond acceptors (Lipinski definition) is 5. The molecule has 0 bridgehead atoms. The fraction of sp³-hybridized carbons (Fsp3) is 0.389. The fourth-order valence-electron chi connectivity index (χ4n) is 2.81. The molecule has 0 fully saturated rings. The van der Waals surface area contributed by atoms with Gasteiger partial charge in [-0.15, -0.1) is 11.8 Å². The summed E-state index contributed by atoms with van der Waals surface area (Å²) in [5.74, 6) is 1.44. The van der Waals surface area contributed by atoms with Gasteiger partial charge in [-0.1, -0.05) is 0 Å². The molecule has 0 aliphatic carbocycles. The van der Waals surface area contributed by atoms with E-state index in [1.807, 2.05) is 31.5 Å². The molecule has 5 nitrogen and oxygen atoms in total. The lowest BCUT2D eigenvalue weighted by Crippen LogP contribution is -2.33. The van der Waals surface area contributed by atoms with Crippen LogP contribution >= 0.6 is 11.8 Å². The Hall–Kier alpha value is -1.92. The summed E-state index contributed by atoms with van der Waals surface area (Å²) in [5.41, 5.74) is 2.56. The zero-order valence-corrected chi connectivity index (χ0v) is 15.1. The third-order valence-electron chi connectivity index (χ3n) is 4.00. The van der Waals surface area contributed by atoms with Gasteiger partial charge in [-0.2, -0.15) is 0 Å². The fourth-order valence-corrected chi connectivity index (χ4v) is 3.28. The first-order valence-electron chi connectivity index (χ1n) is 7.71. The van der Waals surface area contributed by atoms with Gasteiger partial charge < -0.3 is 18.8 Å². The van der Waals surface area contributed by atoms with Gasteiger partial charge in [-0.25, -0.2) is 0 Å². The summed E-state index contributed by atoms with van der Waals surface area (Å²) in [6.07, 6.45) is 3.71. The standard InChI is InChI=1S/C18H21NO4S/c1-11-5-12(8-19(2)18(11)20)15-6-14(24-4)7-16-17(15)23-13(9-21-3)10-22-16/h5-8,13H,9-10H2,1-4H3. The van der Waals surface area contributed by atoms with Crippen LogP contribution in [0.25, 0.3) is 11.1 Å². The van der Waals surface area contributed by atoms with Crippen LogP contribution in [0.1, 0.15) is 5.56 Å². The molecular formula is C18H21NO4S. The molecule has 1 unspecified atom stereocenters. The van der Waals surface area contributed by atoms with Crippen molar-refractivity contribution in [1.29, 1.82) is 0 Å². The molecule has 1 aromatic heterocycles. The van der Waals surface area contributed by atoms with E-state index in [0.717, 1.165) is 21.8 Å². The minimum absolute atomic E-state index is 0.00284. The first kappa shape index (κ1) is 16.9. The molecule has 2 heterocycles. The van der Waals surface area contributed by atoms with Gasteiger partial charge in [0.25, 0.3) is 5.56 Å². The number of pyridine rings is 1. The maximum atomic E-state index is 12.0. The van der Waals surface area contributed by atoms with Gasteiger partial charge in [0.1, 0.15) is 6.61 Å². The molecular weight excluding hydrogens is 326 g/mol. The third-order valence-corrected chi connectivity index (χ3v) is 4.71. The topological polar surface area (TPSA) is 49.7 Å². The Morgan fingerprint density at radius 2 is 2.17 bits per heavy atom. The van der Waals surface area contributed by atoms with Crippen LogP contribution in [0, 0.1) is 6.92 Å². The molecule has 6 heteroatoms. The Morgan fingerprint density at radius 1 is 1.38 bits per heavy atom. The summed E-state index contributed by atoms with van der Waals surface area (Å²) in [6.45, 7) is 2.75. The summed E-state index contributed by atoms with van der Waals surface area (Å²) in [5, 5.41) is 0. The summed E-state index contributed by atoms with van der Waals surface area (Å²) in [6, 6.07) is 5.95. The first-order valence-corrected chi connectivity index (χ1v) is 8.94. The van der Waals surface area contributed by atoms with E-state index in [1.54, 1.807) is 30.5 Å². The molecule has 0 saturated carbocycles. The smallest absolute Gasteiger partial charge is 0.253 e. The number of hydrogen-bond donors (Lipinski definition) is 0. The van der Waals surface area contributed by atoms with Crippen molar-refractivity contribution >= 4 is 11.8 Å². The van der Waals surface area contributed by atoms with Crippen LogP contribution < -0.4 is 15.0 Å². The van der Waals surface area contributed by atoms with Gasteiger partial charge in [-0.05, 0) is 31.4 Å². The van der Waals surface area contributed by atoms with Crippen molar-refractivity contribution in [2.24, 2.45) is 7.05 Å². The quantitative estimate of drug-likeness (QED) is 0.796. The second kappa shape index (κ2) is 6.91. The molecule has 0 saturated heterocycles. The Labute approximate surface area is 145 Å². The van der Waals surface area contributed by atoms with Crippen LogP contribution in [0.3, 0.4) is 0 Å². The van der Waals surface area contributed by atoms with E-state index in [-0.39, 0.29) is 11.7 Å². The third kappa shape index (κ3) is 3.16. The molecule has 0 spiro atoms. The van der Waals surface area contributed by atoms with Crippen LogP contribution in [0.15, 0.2) is 34.1 Å². The normalized spacial score (nSPS) is 16.2. The molecule has 0 radical (unpaired) electrons. The molecule has 0 amide bonds. The number of thioether (sulfide) groups is 1. The van der Waals surface area contributed by atoms with Crippen LogP contribution in [0.2, 0.25) is 0 Å². The second-order valence-electron chi connectivity index (χ2n) is 5.84. The van der Waals surface area contributed by atoms with E-state index in [0.29, 0.717) is 24.5 Å². The summed E-state index contributed by atoms with van der Waals surface area (Å²) < 4.78 is 18.8. The van der Waals surface area contributed by atoms with E-state index in [2.05, 4.69) is 6.07 Å². The van der Waals surface area contributed by atoms with Crippen molar-refractivity contribution in [3.8, 4) is 22.6 Å². The Morgan fingerprint density at radius 3 is 2.83 bits per heavy atom. The minimum Gasteiger partial charge on any atom is -0.486 e. The number of fused-ring (bicyclic) bond motifs is 1. The Kier molecular flexibility index (Phi) is 4.87. The lowest BCUT2D eigenvalue weighted by Gasteiger charge is -2.28. The molecule has 1 aliphatic heterocycles. The number of aromatic nitrogens is 1. The number of aryl methyl sites for hydroxylation is 2. The second-order valence-corrected chi connectivity index (χ2v) is 6.72. The van der Waals surface area contributed by atoms with Crippen LogP contribution in [-0.2, 0) is 11.8 Å². The monoisotopic (exact) mass is 347 g/mol. The SMILES string of the molecule is COCC1COc2cc(SC)cc(-c3cc(C)c(=O)n(C)c3)c2O1. The van der Waals surface area contributed by atoms with Gasteiger partial charge in [0.05, 0.1) is 6.61 Å². The number of benzene rings is 1. The van der Waals surface area contributed by atoms with Crippen LogP contribution in [0.5, 0.6) is 11.5 Å². The molecule has 3 rings (SSSR count). The molecule has 1 aromatic carbocycles. The molecule has 1 atom stereocenters. The minimum atomic E-state index is -0.144. The number of nitrogens with zero attached hydrogens (tertiary/aromatic N) is 1. The van der Waals surface area contributed by atoms with Crippen molar-refractivity contribution in [3.05, 3.63) is 40.3 Å². The van der Waals surface area contributed by atoms with Gasteiger partial charge in [0.15, 0.2) is 17.6 Å². The summed E-state index contributed by atoms with van der Waals surface area (Å²) in [4.78, 5) is 13.1. The molecule has 1 aliphatic rings. The van der Waals surface area contributed by atoms with Crippen molar-refractivity contribution < 1.29 is 14.2 Å². The first-order chi connectivity index (χ1) is 11.5. The Balaban J connectivity index is 2.15. The van der Waals surface area contributed by atoms with Crippen LogP contribution in [0.4, 0.5) is 0 Å². The van der Waals surface area contributed by atoms with Crippen molar-refractivity contribution in [2.75, 3.05) is 26.6 Å². The largest absolute Gasteiger partial charge is 0.486 e. The highest BCUT2D eigenvalue weighted by atomic mass is 32.2. The van der Waals surface area contributed by atoms with Crippen LogP contribution in [-0.4, -0.2) is 37.3 Å². The summed E-state index contributed by atoms with van der Waals surface area (Å²) in [7, 11) is 3.40. The predicted molar refractivity (Wildman–Crippen MR) is 95.4 cm³/mol. The summed E-state index contributed by atoms with van der Waals surface area (Å²) >= 11 is 1.64. The highest BCUT2D eigenvalue weighted by Crippen LogP contribution is 2.43. The Bertz CT molecular complexity index is 789.